The Morgan fingerprint density at radius 2 is 1.37 bits per heavy atom. The van der Waals surface area contributed by atoms with Crippen LogP contribution in [0.5, 0.6) is 0 Å². The summed E-state index contributed by atoms with van der Waals surface area (Å²) in [5, 5.41) is 40.0. The van der Waals surface area contributed by atoms with Crippen LogP contribution >= 0.6 is 0 Å². The van der Waals surface area contributed by atoms with Gasteiger partial charge in [-0.15, -0.1) is 0 Å². The highest BCUT2D eigenvalue weighted by Gasteiger charge is 2.48. The van der Waals surface area contributed by atoms with E-state index in [4.69, 9.17) is 4.74 Å². The first kappa shape index (κ1) is 26.5. The number of hydrogen-bond acceptors (Lipinski definition) is 6. The van der Waals surface area contributed by atoms with Gasteiger partial charge in [0.2, 0.25) is 5.91 Å². The number of amides is 1. The standard InChI is InChI=1S/C31H35NO6/c33-19-26-29(35)30(36)28(34)25(38-26)18-21-14-16-22(17-15-21)27-24(13-7-10-20-8-3-1-4-9-20)31(37)32(27)23-11-5-2-6-12-23/h1-6,8-9,11-12,14-17,24-30,33-36H,7,10,13,18-19H2/t24-,25?,26-,27-,28-,29-,30-/m1/s1. The fourth-order valence-electron chi connectivity index (χ4n) is 5.69. The Kier molecular flexibility index (Phi) is 8.21. The molecule has 7 atom stereocenters. The highest BCUT2D eigenvalue weighted by atomic mass is 16.5. The SMILES string of the molecule is O=C1[C@H](CCCc2ccccc2)[C@@H](c2ccc(CC3O[C@H](CO)[C@@H](O)[C@H](O)[C@@H]3O)cc2)N1c1ccccc1. The summed E-state index contributed by atoms with van der Waals surface area (Å²) in [5.41, 5.74) is 4.08. The average molecular weight is 518 g/mol. The lowest BCUT2D eigenvalue weighted by Gasteiger charge is -2.48. The van der Waals surface area contributed by atoms with Crippen LogP contribution in [0.1, 0.15) is 35.6 Å². The van der Waals surface area contributed by atoms with E-state index in [0.29, 0.717) is 6.42 Å². The summed E-state index contributed by atoms with van der Waals surface area (Å²) < 4.78 is 5.67. The van der Waals surface area contributed by atoms with Gasteiger partial charge in [-0.3, -0.25) is 4.79 Å². The molecular formula is C31H35NO6. The van der Waals surface area contributed by atoms with Gasteiger partial charge in [-0.2, -0.15) is 0 Å². The first-order chi connectivity index (χ1) is 18.5. The summed E-state index contributed by atoms with van der Waals surface area (Å²) in [5.74, 6) is 0.0369. The third-order valence-corrected chi connectivity index (χ3v) is 7.82. The third-order valence-electron chi connectivity index (χ3n) is 7.82. The Morgan fingerprint density at radius 3 is 2.03 bits per heavy atom. The van der Waals surface area contributed by atoms with Crippen molar-refractivity contribution < 1.29 is 30.0 Å². The zero-order chi connectivity index (χ0) is 26.6. The van der Waals surface area contributed by atoms with E-state index < -0.39 is 37.1 Å². The molecule has 4 N–H and O–H groups in total. The molecule has 1 unspecified atom stereocenters. The van der Waals surface area contributed by atoms with E-state index in [-0.39, 0.29) is 17.9 Å². The third kappa shape index (κ3) is 5.39. The molecule has 2 fully saturated rings. The Hall–Kier alpha value is -3.07. The van der Waals surface area contributed by atoms with Crippen LogP contribution < -0.4 is 4.90 Å². The van der Waals surface area contributed by atoms with Crippen molar-refractivity contribution in [2.75, 3.05) is 11.5 Å². The van der Waals surface area contributed by atoms with E-state index in [9.17, 15) is 25.2 Å². The van der Waals surface area contributed by atoms with Crippen LogP contribution in [0.25, 0.3) is 0 Å². The molecule has 5 rings (SSSR count). The number of rotatable bonds is 9. The molecule has 0 bridgehead atoms. The summed E-state index contributed by atoms with van der Waals surface area (Å²) in [7, 11) is 0. The highest BCUT2D eigenvalue weighted by molar-refractivity contribution is 6.03. The van der Waals surface area contributed by atoms with Crippen LogP contribution in [0.4, 0.5) is 5.69 Å². The molecule has 0 aliphatic carbocycles. The summed E-state index contributed by atoms with van der Waals surface area (Å²) in [6.07, 6.45) is -2.73. The molecule has 2 aliphatic rings. The highest BCUT2D eigenvalue weighted by Crippen LogP contribution is 2.45. The summed E-state index contributed by atoms with van der Waals surface area (Å²) in [4.78, 5) is 15.2. The number of anilines is 1. The van der Waals surface area contributed by atoms with Gasteiger partial charge in [0.15, 0.2) is 0 Å². The van der Waals surface area contributed by atoms with Crippen molar-refractivity contribution in [1.82, 2.24) is 0 Å². The second kappa shape index (κ2) is 11.8. The van der Waals surface area contributed by atoms with Crippen LogP contribution in [-0.2, 0) is 22.4 Å². The maximum Gasteiger partial charge on any atom is 0.233 e. The van der Waals surface area contributed by atoms with Crippen molar-refractivity contribution in [2.24, 2.45) is 5.92 Å². The van der Waals surface area contributed by atoms with Gasteiger partial charge in [0.25, 0.3) is 0 Å². The minimum absolute atomic E-state index is 0.0676. The number of aliphatic hydroxyl groups excluding tert-OH is 4. The fourth-order valence-corrected chi connectivity index (χ4v) is 5.69. The van der Waals surface area contributed by atoms with Crippen molar-refractivity contribution >= 4 is 11.6 Å². The van der Waals surface area contributed by atoms with Crippen molar-refractivity contribution in [1.29, 1.82) is 0 Å². The van der Waals surface area contributed by atoms with Gasteiger partial charge < -0.3 is 30.1 Å². The lowest BCUT2D eigenvalue weighted by atomic mass is 9.78. The number of carbonyl (C=O) groups excluding carboxylic acids is 1. The second-order valence-corrected chi connectivity index (χ2v) is 10.3. The molecule has 2 saturated heterocycles. The molecule has 0 radical (unpaired) electrons. The number of para-hydroxylation sites is 1. The average Bonchev–Trinajstić information content (AvgIpc) is 2.95. The summed E-state index contributed by atoms with van der Waals surface area (Å²) in [6.45, 7) is -0.447. The molecule has 2 aliphatic heterocycles. The first-order valence-electron chi connectivity index (χ1n) is 13.3. The Balaban J connectivity index is 1.31. The monoisotopic (exact) mass is 517 g/mol. The van der Waals surface area contributed by atoms with Gasteiger partial charge in [0, 0.05) is 12.1 Å². The van der Waals surface area contributed by atoms with Gasteiger partial charge in [-0.05, 0) is 48.1 Å². The van der Waals surface area contributed by atoms with Gasteiger partial charge >= 0.3 is 0 Å². The van der Waals surface area contributed by atoms with Gasteiger partial charge in [0.1, 0.15) is 24.4 Å². The van der Waals surface area contributed by atoms with Crippen LogP contribution in [0, 0.1) is 5.92 Å². The molecule has 1 amide bonds. The largest absolute Gasteiger partial charge is 0.394 e. The number of aliphatic hydroxyl groups is 4. The van der Waals surface area contributed by atoms with Crippen LogP contribution in [-0.4, -0.2) is 63.5 Å². The molecular weight excluding hydrogens is 482 g/mol. The zero-order valence-electron chi connectivity index (χ0n) is 21.2. The van der Waals surface area contributed by atoms with Crippen molar-refractivity contribution in [3.05, 3.63) is 102 Å². The normalized spacial score (nSPS) is 29.2. The molecule has 7 nitrogen and oxygen atoms in total. The first-order valence-corrected chi connectivity index (χ1v) is 13.3. The molecule has 3 aromatic carbocycles. The van der Waals surface area contributed by atoms with Crippen molar-refractivity contribution in [2.45, 2.75) is 62.2 Å². The van der Waals surface area contributed by atoms with E-state index in [1.165, 1.54) is 5.56 Å². The number of hydrogen-bond donors (Lipinski definition) is 4. The van der Waals surface area contributed by atoms with Crippen molar-refractivity contribution in [3.8, 4) is 0 Å². The second-order valence-electron chi connectivity index (χ2n) is 10.3. The summed E-state index contributed by atoms with van der Waals surface area (Å²) in [6, 6.07) is 27.9. The number of nitrogens with zero attached hydrogens (tertiary/aromatic N) is 1. The Labute approximate surface area is 222 Å². The maximum atomic E-state index is 13.3. The van der Waals surface area contributed by atoms with Crippen LogP contribution in [0.2, 0.25) is 0 Å². The Bertz CT molecular complexity index is 1190. The molecule has 0 saturated carbocycles. The maximum absolute atomic E-state index is 13.3. The molecule has 0 spiro atoms. The molecule has 7 heteroatoms. The van der Waals surface area contributed by atoms with E-state index >= 15 is 0 Å². The van der Waals surface area contributed by atoms with E-state index in [0.717, 1.165) is 36.1 Å². The predicted octanol–water partition coefficient (Wildman–Crippen LogP) is 2.80. The van der Waals surface area contributed by atoms with Gasteiger partial charge in [-0.25, -0.2) is 0 Å². The minimum atomic E-state index is -1.39. The van der Waals surface area contributed by atoms with E-state index in [2.05, 4.69) is 12.1 Å². The number of carbonyl (C=O) groups is 1. The molecule has 38 heavy (non-hydrogen) atoms. The molecule has 0 aromatic heterocycles. The lowest BCUT2D eigenvalue weighted by Crippen LogP contribution is -2.59. The van der Waals surface area contributed by atoms with E-state index in [1.807, 2.05) is 77.7 Å². The van der Waals surface area contributed by atoms with Gasteiger partial charge in [-0.1, -0.05) is 72.8 Å². The zero-order valence-corrected chi connectivity index (χ0v) is 21.2. The molecule has 3 aromatic rings. The number of aryl methyl sites for hydroxylation is 1. The smallest absolute Gasteiger partial charge is 0.233 e. The number of ether oxygens (including phenoxy) is 1. The molecule has 2 heterocycles. The van der Waals surface area contributed by atoms with Crippen LogP contribution in [0.3, 0.4) is 0 Å². The minimum Gasteiger partial charge on any atom is -0.394 e. The number of benzene rings is 3. The molecule has 200 valence electrons. The van der Waals surface area contributed by atoms with E-state index in [1.54, 1.807) is 0 Å². The Morgan fingerprint density at radius 1 is 0.737 bits per heavy atom. The summed E-state index contributed by atoms with van der Waals surface area (Å²) >= 11 is 0. The van der Waals surface area contributed by atoms with Crippen molar-refractivity contribution in [3.63, 3.8) is 0 Å². The van der Waals surface area contributed by atoms with Crippen LogP contribution in [0.15, 0.2) is 84.9 Å². The topological polar surface area (TPSA) is 110 Å². The fraction of sp³-hybridized carbons (Fsp3) is 0.387. The van der Waals surface area contributed by atoms with Gasteiger partial charge in [0.05, 0.1) is 24.7 Å². The quantitative estimate of drug-likeness (QED) is 0.325. The number of β-lactam (4-membered cyclic amide) rings is 1. The lowest BCUT2D eigenvalue weighted by molar-refractivity contribution is -0.228. The predicted molar refractivity (Wildman–Crippen MR) is 143 cm³/mol.